The summed E-state index contributed by atoms with van der Waals surface area (Å²) in [5.74, 6) is 4.63. The fourth-order valence-electron chi connectivity index (χ4n) is 0.982. The van der Waals surface area contributed by atoms with Gasteiger partial charge in [0.15, 0.2) is 0 Å². The fraction of sp³-hybridized carbons (Fsp3) is 1.00. The smallest absolute Gasteiger partial charge is 0.109 e. The quantitative estimate of drug-likeness (QED) is 0.343. The summed E-state index contributed by atoms with van der Waals surface area (Å²) in [6.45, 7) is 1.98. The van der Waals surface area contributed by atoms with Crippen LogP contribution in [0, 0.1) is 0 Å². The predicted octanol–water partition coefficient (Wildman–Crippen LogP) is 3.98. The first-order chi connectivity index (χ1) is 8.10. The molecule has 0 aromatic carbocycles. The Balaban J connectivity index is 3.63. The Kier molecular flexibility index (Phi) is 14.3. The SMILES string of the molecule is CC(Cl)CSCC(CCl)SC(O)CSCCCl. The van der Waals surface area contributed by atoms with Crippen LogP contribution in [0.3, 0.4) is 0 Å². The molecule has 0 saturated carbocycles. The van der Waals surface area contributed by atoms with Crippen LogP contribution < -0.4 is 0 Å². The zero-order valence-electron chi connectivity index (χ0n) is 9.78. The van der Waals surface area contributed by atoms with Gasteiger partial charge in [0.1, 0.15) is 5.44 Å². The van der Waals surface area contributed by atoms with Crippen LogP contribution in [0.5, 0.6) is 0 Å². The third-order valence-corrected chi connectivity index (χ3v) is 7.00. The summed E-state index contributed by atoms with van der Waals surface area (Å²) in [5, 5.41) is 10.3. The number of aliphatic hydroxyl groups excluding tert-OH is 1. The Bertz CT molecular complexity index is 175. The van der Waals surface area contributed by atoms with Crippen LogP contribution in [-0.2, 0) is 0 Å². The van der Waals surface area contributed by atoms with E-state index in [1.807, 2.05) is 6.92 Å². The molecule has 0 aromatic heterocycles. The maximum Gasteiger partial charge on any atom is 0.109 e. The van der Waals surface area contributed by atoms with Gasteiger partial charge in [0.2, 0.25) is 0 Å². The topological polar surface area (TPSA) is 20.2 Å². The maximum atomic E-state index is 9.79. The van der Waals surface area contributed by atoms with Crippen LogP contribution in [0.25, 0.3) is 0 Å². The summed E-state index contributed by atoms with van der Waals surface area (Å²) in [7, 11) is 0. The van der Waals surface area contributed by atoms with E-state index >= 15 is 0 Å². The first kappa shape index (κ1) is 18.9. The lowest BCUT2D eigenvalue weighted by Gasteiger charge is -2.17. The van der Waals surface area contributed by atoms with Gasteiger partial charge in [-0.3, -0.25) is 0 Å². The largest absolute Gasteiger partial charge is 0.382 e. The lowest BCUT2D eigenvalue weighted by molar-refractivity contribution is 0.287. The highest BCUT2D eigenvalue weighted by Gasteiger charge is 2.14. The number of aliphatic hydroxyl groups is 1. The molecule has 3 atom stereocenters. The van der Waals surface area contributed by atoms with Crippen molar-refractivity contribution in [3.05, 3.63) is 0 Å². The van der Waals surface area contributed by atoms with Gasteiger partial charge in [-0.15, -0.1) is 46.6 Å². The summed E-state index contributed by atoms with van der Waals surface area (Å²) in [6.07, 6.45) is 0. The zero-order chi connectivity index (χ0) is 13.1. The molecule has 1 N–H and O–H groups in total. The van der Waals surface area contributed by atoms with Gasteiger partial charge in [-0.05, 0) is 6.92 Å². The molecule has 0 saturated heterocycles. The van der Waals surface area contributed by atoms with Crippen molar-refractivity contribution in [2.75, 3.05) is 34.8 Å². The van der Waals surface area contributed by atoms with Crippen LogP contribution in [-0.4, -0.2) is 55.9 Å². The lowest BCUT2D eigenvalue weighted by Crippen LogP contribution is -2.17. The van der Waals surface area contributed by atoms with Gasteiger partial charge < -0.3 is 5.11 Å². The van der Waals surface area contributed by atoms with Gasteiger partial charge >= 0.3 is 0 Å². The molecule has 17 heavy (non-hydrogen) atoms. The Morgan fingerprint density at radius 2 is 1.82 bits per heavy atom. The Hall–Kier alpha value is 1.88. The molecule has 0 spiro atoms. The van der Waals surface area contributed by atoms with E-state index in [1.165, 1.54) is 0 Å². The number of thioether (sulfide) groups is 3. The van der Waals surface area contributed by atoms with Gasteiger partial charge in [-0.2, -0.15) is 23.5 Å². The second-order valence-corrected chi connectivity index (χ2v) is 8.59. The molecule has 7 heteroatoms. The van der Waals surface area contributed by atoms with E-state index in [4.69, 9.17) is 34.8 Å². The highest BCUT2D eigenvalue weighted by Crippen LogP contribution is 2.24. The Morgan fingerprint density at radius 3 is 2.35 bits per heavy atom. The van der Waals surface area contributed by atoms with Crippen LogP contribution in [0.15, 0.2) is 0 Å². The third-order valence-electron chi connectivity index (χ3n) is 1.65. The molecule has 0 heterocycles. The number of rotatable bonds is 11. The fourth-order valence-corrected chi connectivity index (χ4v) is 5.08. The van der Waals surface area contributed by atoms with Gasteiger partial charge in [0.05, 0.1) is 0 Å². The standard InChI is InChI=1S/C10H19Cl3OS3/c1-8(13)5-16-6-9(4-12)17-10(14)7-15-3-2-11/h8-10,14H,2-7H2,1H3. The van der Waals surface area contributed by atoms with E-state index in [0.29, 0.717) is 17.5 Å². The molecule has 1 nitrogen and oxygen atoms in total. The highest BCUT2D eigenvalue weighted by atomic mass is 35.5. The second kappa shape index (κ2) is 12.9. The predicted molar refractivity (Wildman–Crippen MR) is 88.8 cm³/mol. The van der Waals surface area contributed by atoms with Gasteiger partial charge in [-0.25, -0.2) is 0 Å². The Labute approximate surface area is 132 Å². The lowest BCUT2D eigenvalue weighted by atomic mass is 10.5. The van der Waals surface area contributed by atoms with E-state index in [9.17, 15) is 5.11 Å². The molecule has 0 rings (SSSR count). The number of hydrogen-bond acceptors (Lipinski definition) is 4. The van der Waals surface area contributed by atoms with E-state index < -0.39 is 0 Å². The van der Waals surface area contributed by atoms with Crippen LogP contribution in [0.2, 0.25) is 0 Å². The molecule has 0 radical (unpaired) electrons. The minimum Gasteiger partial charge on any atom is -0.382 e. The number of alkyl halides is 3. The molecule has 0 fully saturated rings. The van der Waals surface area contributed by atoms with Gasteiger partial charge in [0.25, 0.3) is 0 Å². The number of halogens is 3. The molecular weight excluding hydrogens is 339 g/mol. The molecule has 0 bridgehead atoms. The van der Waals surface area contributed by atoms with Crippen molar-refractivity contribution >= 4 is 70.1 Å². The van der Waals surface area contributed by atoms with E-state index in [1.54, 1.807) is 35.3 Å². The van der Waals surface area contributed by atoms with Crippen molar-refractivity contribution < 1.29 is 5.11 Å². The van der Waals surface area contributed by atoms with Gasteiger partial charge in [-0.1, -0.05) is 0 Å². The first-order valence-corrected chi connectivity index (χ1v) is 10.1. The average molecular weight is 358 g/mol. The Morgan fingerprint density at radius 1 is 1.12 bits per heavy atom. The van der Waals surface area contributed by atoms with Crippen molar-refractivity contribution in [2.24, 2.45) is 0 Å². The monoisotopic (exact) mass is 356 g/mol. The zero-order valence-corrected chi connectivity index (χ0v) is 14.5. The van der Waals surface area contributed by atoms with Crippen molar-refractivity contribution in [1.29, 1.82) is 0 Å². The molecule has 0 aliphatic carbocycles. The molecule has 104 valence electrons. The van der Waals surface area contributed by atoms with Crippen LogP contribution in [0.4, 0.5) is 0 Å². The van der Waals surface area contributed by atoms with Crippen LogP contribution in [0.1, 0.15) is 6.92 Å². The normalized spacial score (nSPS) is 16.8. The highest BCUT2D eigenvalue weighted by molar-refractivity contribution is 8.05. The van der Waals surface area contributed by atoms with Crippen molar-refractivity contribution in [2.45, 2.75) is 23.0 Å². The molecule has 0 amide bonds. The summed E-state index contributed by atoms with van der Waals surface area (Å²) in [5.41, 5.74) is -0.360. The summed E-state index contributed by atoms with van der Waals surface area (Å²) in [6, 6.07) is 0. The first-order valence-electron chi connectivity index (χ1n) is 5.35. The van der Waals surface area contributed by atoms with E-state index in [0.717, 1.165) is 17.3 Å². The molecule has 0 aromatic rings. The summed E-state index contributed by atoms with van der Waals surface area (Å²) < 4.78 is 0. The average Bonchev–Trinajstić information content (AvgIpc) is 2.27. The maximum absolute atomic E-state index is 9.79. The van der Waals surface area contributed by atoms with Crippen molar-refractivity contribution in [1.82, 2.24) is 0 Å². The summed E-state index contributed by atoms with van der Waals surface area (Å²) >= 11 is 22.3. The minimum atomic E-state index is -0.360. The summed E-state index contributed by atoms with van der Waals surface area (Å²) in [4.78, 5) is 0. The minimum absolute atomic E-state index is 0.185. The number of hydrogen-bond donors (Lipinski definition) is 1. The van der Waals surface area contributed by atoms with Gasteiger partial charge in [0, 0.05) is 45.4 Å². The molecular formula is C10H19Cl3OS3. The van der Waals surface area contributed by atoms with Crippen molar-refractivity contribution in [3.8, 4) is 0 Å². The second-order valence-electron chi connectivity index (χ2n) is 3.45. The third kappa shape index (κ3) is 12.6. The van der Waals surface area contributed by atoms with Crippen LogP contribution >= 0.6 is 70.1 Å². The molecule has 0 aliphatic heterocycles. The van der Waals surface area contributed by atoms with E-state index in [-0.39, 0.29) is 16.1 Å². The molecule has 3 unspecified atom stereocenters. The van der Waals surface area contributed by atoms with E-state index in [2.05, 4.69) is 0 Å². The van der Waals surface area contributed by atoms with Crippen molar-refractivity contribution in [3.63, 3.8) is 0 Å². The molecule has 0 aliphatic rings.